The van der Waals surface area contributed by atoms with Crippen LogP contribution < -0.4 is 11.2 Å². The van der Waals surface area contributed by atoms with E-state index >= 15 is 0 Å². The van der Waals surface area contributed by atoms with Crippen LogP contribution in [0.4, 0.5) is 0 Å². The molecule has 0 aliphatic carbocycles. The molecule has 0 bridgehead atoms. The van der Waals surface area contributed by atoms with Crippen LogP contribution >= 0.6 is 0 Å². The molecule has 0 aliphatic rings. The number of nitrogens with zero attached hydrogens (tertiary/aromatic N) is 4. The molecule has 0 fully saturated rings. The Labute approximate surface area is 132 Å². The molecule has 3 rings (SSSR count). The summed E-state index contributed by atoms with van der Waals surface area (Å²) in [7, 11) is 3.05. The van der Waals surface area contributed by atoms with Gasteiger partial charge in [0.1, 0.15) is 0 Å². The summed E-state index contributed by atoms with van der Waals surface area (Å²) in [5, 5.41) is 0. The molecule has 0 aliphatic heterocycles. The molecule has 2 aromatic heterocycles. The minimum atomic E-state index is -0.385. The summed E-state index contributed by atoms with van der Waals surface area (Å²) in [5.74, 6) is 0. The molecule has 0 atom stereocenters. The van der Waals surface area contributed by atoms with Crippen LogP contribution in [0.5, 0.6) is 0 Å². The summed E-state index contributed by atoms with van der Waals surface area (Å²) in [6.07, 6.45) is 1.60. The van der Waals surface area contributed by atoms with Gasteiger partial charge in [-0.3, -0.25) is 13.9 Å². The van der Waals surface area contributed by atoms with Crippen LogP contribution in [0.3, 0.4) is 0 Å². The van der Waals surface area contributed by atoms with Crippen LogP contribution in [0, 0.1) is 0 Å². The molecule has 120 valence electrons. The standard InChI is InChI=1S/C16H18N4O3/c1-18-15(21)13-14(20(16(18)22)8-9-23-2)17-11-19(13)10-12-6-4-3-5-7-12/h3-7,11H,8-10H2,1-2H3. The van der Waals surface area contributed by atoms with Gasteiger partial charge in [0.2, 0.25) is 0 Å². The van der Waals surface area contributed by atoms with Gasteiger partial charge in [0.25, 0.3) is 5.56 Å². The molecule has 0 amide bonds. The molecule has 0 saturated heterocycles. The second-order valence-electron chi connectivity index (χ2n) is 5.32. The lowest BCUT2D eigenvalue weighted by atomic mass is 10.2. The Bertz CT molecular complexity index is 938. The molecular weight excluding hydrogens is 296 g/mol. The first-order chi connectivity index (χ1) is 11.1. The third kappa shape index (κ3) is 2.70. The van der Waals surface area contributed by atoms with Gasteiger partial charge in [0, 0.05) is 20.7 Å². The highest BCUT2D eigenvalue weighted by Crippen LogP contribution is 2.10. The number of fused-ring (bicyclic) bond motifs is 1. The molecule has 0 spiro atoms. The lowest BCUT2D eigenvalue weighted by Crippen LogP contribution is -2.39. The number of ether oxygens (including phenoxy) is 1. The summed E-state index contributed by atoms with van der Waals surface area (Å²) < 4.78 is 9.40. The monoisotopic (exact) mass is 314 g/mol. The number of hydrogen-bond donors (Lipinski definition) is 0. The molecule has 0 unspecified atom stereocenters. The molecule has 2 heterocycles. The lowest BCUT2D eigenvalue weighted by Gasteiger charge is -2.09. The molecule has 0 N–H and O–H groups in total. The summed E-state index contributed by atoms with van der Waals surface area (Å²) >= 11 is 0. The highest BCUT2D eigenvalue weighted by molar-refractivity contribution is 5.70. The van der Waals surface area contributed by atoms with Crippen molar-refractivity contribution in [2.45, 2.75) is 13.1 Å². The maximum absolute atomic E-state index is 12.5. The third-order valence-electron chi connectivity index (χ3n) is 3.81. The summed E-state index contributed by atoms with van der Waals surface area (Å²) in [6, 6.07) is 9.80. The topological polar surface area (TPSA) is 71.1 Å². The predicted octanol–water partition coefficient (Wildman–Crippen LogP) is 0.591. The average Bonchev–Trinajstić information content (AvgIpc) is 2.97. The van der Waals surface area contributed by atoms with E-state index in [-0.39, 0.29) is 11.2 Å². The van der Waals surface area contributed by atoms with Crippen molar-refractivity contribution < 1.29 is 4.74 Å². The molecule has 23 heavy (non-hydrogen) atoms. The van der Waals surface area contributed by atoms with Crippen LogP contribution in [-0.2, 0) is 24.9 Å². The normalized spacial score (nSPS) is 11.2. The Morgan fingerprint density at radius 2 is 1.91 bits per heavy atom. The second-order valence-corrected chi connectivity index (χ2v) is 5.32. The first-order valence-electron chi connectivity index (χ1n) is 7.31. The lowest BCUT2D eigenvalue weighted by molar-refractivity contribution is 0.186. The van der Waals surface area contributed by atoms with Gasteiger partial charge in [-0.15, -0.1) is 0 Å². The largest absolute Gasteiger partial charge is 0.383 e. The van der Waals surface area contributed by atoms with E-state index in [1.807, 2.05) is 30.3 Å². The van der Waals surface area contributed by atoms with Gasteiger partial charge >= 0.3 is 5.69 Å². The predicted molar refractivity (Wildman–Crippen MR) is 86.7 cm³/mol. The Morgan fingerprint density at radius 3 is 2.61 bits per heavy atom. The van der Waals surface area contributed by atoms with E-state index in [9.17, 15) is 9.59 Å². The van der Waals surface area contributed by atoms with Gasteiger partial charge in [0.05, 0.1) is 19.5 Å². The number of aromatic nitrogens is 4. The molecule has 7 heteroatoms. The van der Waals surface area contributed by atoms with Gasteiger partial charge in [0.15, 0.2) is 11.2 Å². The van der Waals surface area contributed by atoms with Crippen LogP contribution in [0.25, 0.3) is 11.2 Å². The van der Waals surface area contributed by atoms with Crippen LogP contribution in [0.15, 0.2) is 46.2 Å². The van der Waals surface area contributed by atoms with Gasteiger partial charge in [-0.2, -0.15) is 0 Å². The van der Waals surface area contributed by atoms with E-state index in [0.717, 1.165) is 10.1 Å². The van der Waals surface area contributed by atoms with Crippen molar-refractivity contribution in [3.8, 4) is 0 Å². The smallest absolute Gasteiger partial charge is 0.332 e. The zero-order valence-corrected chi connectivity index (χ0v) is 13.1. The van der Waals surface area contributed by atoms with Gasteiger partial charge in [-0.1, -0.05) is 30.3 Å². The van der Waals surface area contributed by atoms with Crippen molar-refractivity contribution in [3.05, 3.63) is 63.1 Å². The second kappa shape index (κ2) is 6.21. The highest BCUT2D eigenvalue weighted by Gasteiger charge is 2.16. The number of benzene rings is 1. The Kier molecular flexibility index (Phi) is 4.12. The van der Waals surface area contributed by atoms with Crippen molar-refractivity contribution >= 4 is 11.2 Å². The molecular formula is C16H18N4O3. The van der Waals surface area contributed by atoms with Crippen molar-refractivity contribution in [1.82, 2.24) is 18.7 Å². The number of rotatable bonds is 5. The quantitative estimate of drug-likeness (QED) is 0.691. The molecule has 1 aromatic carbocycles. The molecule has 3 aromatic rings. The Hall–Kier alpha value is -2.67. The van der Waals surface area contributed by atoms with Crippen LogP contribution in [-0.4, -0.2) is 32.4 Å². The zero-order chi connectivity index (χ0) is 16.4. The van der Waals surface area contributed by atoms with E-state index in [0.29, 0.717) is 30.9 Å². The first-order valence-corrected chi connectivity index (χ1v) is 7.31. The molecule has 0 saturated carbocycles. The SMILES string of the molecule is COCCn1c(=O)n(C)c(=O)c2c1ncn2Cc1ccccc1. The van der Waals surface area contributed by atoms with E-state index in [1.165, 1.54) is 11.6 Å². The van der Waals surface area contributed by atoms with Crippen molar-refractivity contribution in [3.63, 3.8) is 0 Å². The summed E-state index contributed by atoms with van der Waals surface area (Å²) in [6.45, 7) is 1.25. The van der Waals surface area contributed by atoms with E-state index < -0.39 is 0 Å². The van der Waals surface area contributed by atoms with Crippen LogP contribution in [0.2, 0.25) is 0 Å². The molecule has 0 radical (unpaired) electrons. The minimum absolute atomic E-state index is 0.341. The number of hydrogen-bond acceptors (Lipinski definition) is 4. The number of methoxy groups -OCH3 is 1. The summed E-state index contributed by atoms with van der Waals surface area (Å²) in [4.78, 5) is 29.1. The Balaban J connectivity index is 2.17. The summed E-state index contributed by atoms with van der Waals surface area (Å²) in [5.41, 5.74) is 1.15. The maximum atomic E-state index is 12.5. The van der Waals surface area contributed by atoms with Crippen LogP contribution in [0.1, 0.15) is 5.56 Å². The van der Waals surface area contributed by atoms with E-state index in [1.54, 1.807) is 18.0 Å². The van der Waals surface area contributed by atoms with Crippen molar-refractivity contribution in [2.75, 3.05) is 13.7 Å². The maximum Gasteiger partial charge on any atom is 0.332 e. The van der Waals surface area contributed by atoms with Gasteiger partial charge in [-0.05, 0) is 5.56 Å². The zero-order valence-electron chi connectivity index (χ0n) is 13.1. The fourth-order valence-electron chi connectivity index (χ4n) is 2.59. The van der Waals surface area contributed by atoms with Gasteiger partial charge in [-0.25, -0.2) is 9.78 Å². The van der Waals surface area contributed by atoms with Crippen molar-refractivity contribution in [2.24, 2.45) is 7.05 Å². The number of imidazole rings is 1. The van der Waals surface area contributed by atoms with Crippen molar-refractivity contribution in [1.29, 1.82) is 0 Å². The fourth-order valence-corrected chi connectivity index (χ4v) is 2.59. The highest BCUT2D eigenvalue weighted by atomic mass is 16.5. The Morgan fingerprint density at radius 1 is 1.17 bits per heavy atom. The van der Waals surface area contributed by atoms with E-state index in [2.05, 4.69) is 4.98 Å². The minimum Gasteiger partial charge on any atom is -0.383 e. The molecule has 7 nitrogen and oxygen atoms in total. The fraction of sp³-hybridized carbons (Fsp3) is 0.312. The average molecular weight is 314 g/mol. The first kappa shape index (κ1) is 15.2. The third-order valence-corrected chi connectivity index (χ3v) is 3.81. The van der Waals surface area contributed by atoms with Gasteiger partial charge < -0.3 is 9.30 Å². The van der Waals surface area contributed by atoms with E-state index in [4.69, 9.17) is 4.74 Å².